The highest BCUT2D eigenvalue weighted by molar-refractivity contribution is 9.10. The van der Waals surface area contributed by atoms with Crippen LogP contribution in [-0.4, -0.2) is 14.8 Å². The summed E-state index contributed by atoms with van der Waals surface area (Å²) in [4.78, 5) is 0. The first kappa shape index (κ1) is 11.5. The molecule has 0 aliphatic carbocycles. The molecule has 0 fully saturated rings. The van der Waals surface area contributed by atoms with Gasteiger partial charge in [-0.15, -0.1) is 0 Å². The van der Waals surface area contributed by atoms with Gasteiger partial charge in [0.15, 0.2) is 4.77 Å². The van der Waals surface area contributed by atoms with E-state index in [0.29, 0.717) is 4.77 Å². The average Bonchev–Trinajstić information content (AvgIpc) is 2.59. The number of aromatic amines is 1. The molecule has 3 nitrogen and oxygen atoms in total. The van der Waals surface area contributed by atoms with Gasteiger partial charge in [0.2, 0.25) is 0 Å². The van der Waals surface area contributed by atoms with Crippen molar-refractivity contribution in [3.05, 3.63) is 44.9 Å². The zero-order valence-electron chi connectivity index (χ0n) is 9.07. The Hall–Kier alpha value is -0.940. The summed E-state index contributed by atoms with van der Waals surface area (Å²) in [5, 5.41) is 6.92. The zero-order chi connectivity index (χ0) is 11.7. The third-order valence-electron chi connectivity index (χ3n) is 2.62. The summed E-state index contributed by atoms with van der Waals surface area (Å²) in [5.74, 6) is 0.903. The molecule has 1 N–H and O–H groups in total. The second kappa shape index (κ2) is 4.51. The molecular formula is C11H12BrN3S. The van der Waals surface area contributed by atoms with Crippen LogP contribution in [0.2, 0.25) is 0 Å². The fraction of sp³-hybridized carbons (Fsp3) is 0.273. The van der Waals surface area contributed by atoms with Crippen LogP contribution in [0.3, 0.4) is 0 Å². The van der Waals surface area contributed by atoms with E-state index in [-0.39, 0.29) is 6.04 Å². The third kappa shape index (κ3) is 2.10. The van der Waals surface area contributed by atoms with E-state index >= 15 is 0 Å². The third-order valence-corrected chi connectivity index (χ3v) is 3.44. The van der Waals surface area contributed by atoms with Gasteiger partial charge in [-0.2, -0.15) is 5.10 Å². The molecule has 0 aliphatic rings. The zero-order valence-corrected chi connectivity index (χ0v) is 11.5. The van der Waals surface area contributed by atoms with Crippen molar-refractivity contribution in [2.24, 2.45) is 0 Å². The fourth-order valence-corrected chi connectivity index (χ4v) is 2.33. The van der Waals surface area contributed by atoms with Gasteiger partial charge in [0, 0.05) is 4.47 Å². The van der Waals surface area contributed by atoms with Crippen LogP contribution in [0.4, 0.5) is 0 Å². The molecule has 0 spiro atoms. The highest BCUT2D eigenvalue weighted by Crippen LogP contribution is 2.21. The minimum Gasteiger partial charge on any atom is -0.297 e. The molecule has 1 heterocycles. The van der Waals surface area contributed by atoms with Gasteiger partial charge < -0.3 is 0 Å². The van der Waals surface area contributed by atoms with E-state index in [0.717, 1.165) is 10.3 Å². The molecule has 0 aliphatic heterocycles. The number of hydrogen-bond donors (Lipinski definition) is 1. The molecule has 1 unspecified atom stereocenters. The van der Waals surface area contributed by atoms with Crippen LogP contribution >= 0.6 is 28.1 Å². The maximum atomic E-state index is 5.21. The van der Waals surface area contributed by atoms with E-state index in [1.165, 1.54) is 5.56 Å². The summed E-state index contributed by atoms with van der Waals surface area (Å²) >= 11 is 8.64. The smallest absolute Gasteiger partial charge is 0.195 e. The molecule has 0 saturated carbocycles. The van der Waals surface area contributed by atoms with Gasteiger partial charge in [0.1, 0.15) is 5.82 Å². The van der Waals surface area contributed by atoms with E-state index in [1.807, 2.05) is 23.6 Å². The number of nitrogens with one attached hydrogen (secondary N) is 1. The predicted molar refractivity (Wildman–Crippen MR) is 70.1 cm³/mol. The second-order valence-electron chi connectivity index (χ2n) is 3.67. The minimum absolute atomic E-state index is 0.194. The van der Waals surface area contributed by atoms with Gasteiger partial charge in [0.25, 0.3) is 0 Å². The van der Waals surface area contributed by atoms with Crippen molar-refractivity contribution in [3.63, 3.8) is 0 Å². The molecule has 5 heteroatoms. The maximum absolute atomic E-state index is 5.21. The molecule has 16 heavy (non-hydrogen) atoms. The Morgan fingerprint density at radius 2 is 2.00 bits per heavy atom. The van der Waals surface area contributed by atoms with Crippen molar-refractivity contribution >= 4 is 28.1 Å². The molecule has 0 saturated heterocycles. The fourth-order valence-electron chi connectivity index (χ4n) is 1.73. The second-order valence-corrected chi connectivity index (χ2v) is 4.98. The van der Waals surface area contributed by atoms with E-state index in [4.69, 9.17) is 12.2 Å². The summed E-state index contributed by atoms with van der Waals surface area (Å²) < 4.78 is 3.75. The van der Waals surface area contributed by atoms with Crippen molar-refractivity contribution in [3.8, 4) is 0 Å². The summed E-state index contributed by atoms with van der Waals surface area (Å²) in [6.45, 7) is 4.06. The van der Waals surface area contributed by atoms with Gasteiger partial charge in [0.05, 0.1) is 6.04 Å². The number of halogens is 1. The number of aryl methyl sites for hydroxylation is 1. The first-order chi connectivity index (χ1) is 7.59. The monoisotopic (exact) mass is 297 g/mol. The van der Waals surface area contributed by atoms with Gasteiger partial charge in [-0.3, -0.25) is 9.67 Å². The Balaban J connectivity index is 2.43. The van der Waals surface area contributed by atoms with Crippen LogP contribution in [0.1, 0.15) is 24.4 Å². The molecule has 1 atom stereocenters. The lowest BCUT2D eigenvalue weighted by Crippen LogP contribution is -2.08. The van der Waals surface area contributed by atoms with Crippen molar-refractivity contribution in [2.75, 3.05) is 0 Å². The largest absolute Gasteiger partial charge is 0.297 e. The summed E-state index contributed by atoms with van der Waals surface area (Å²) in [7, 11) is 0. The Morgan fingerprint density at radius 1 is 1.38 bits per heavy atom. The van der Waals surface area contributed by atoms with Gasteiger partial charge in [-0.25, -0.2) is 0 Å². The van der Waals surface area contributed by atoms with Crippen LogP contribution in [0.25, 0.3) is 0 Å². The number of H-pyrrole nitrogens is 1. The summed E-state index contributed by atoms with van der Waals surface area (Å²) in [6.07, 6.45) is 0. The lowest BCUT2D eigenvalue weighted by molar-refractivity contribution is 0.610. The van der Waals surface area contributed by atoms with Gasteiger partial charge >= 0.3 is 0 Å². The predicted octanol–water partition coefficient (Wildman–Crippen LogP) is 3.62. The van der Waals surface area contributed by atoms with Crippen LogP contribution in [-0.2, 0) is 0 Å². The standard InChI is InChI=1S/C11H12BrN3S/c1-7(9-3-5-10(12)6-4-9)15-8(2)13-14-11(15)16/h3-7H,1-2H3,(H,14,16). The van der Waals surface area contributed by atoms with Crippen LogP contribution in [0.5, 0.6) is 0 Å². The van der Waals surface area contributed by atoms with Crippen molar-refractivity contribution < 1.29 is 0 Å². The van der Waals surface area contributed by atoms with E-state index in [1.54, 1.807) is 0 Å². The molecule has 84 valence electrons. The molecule has 0 bridgehead atoms. The Labute approximate surface area is 108 Å². The first-order valence-corrected chi connectivity index (χ1v) is 6.18. The molecule has 0 amide bonds. The molecular weight excluding hydrogens is 286 g/mol. The van der Waals surface area contributed by atoms with Crippen LogP contribution in [0, 0.1) is 11.7 Å². The highest BCUT2D eigenvalue weighted by Gasteiger charge is 2.11. The lowest BCUT2D eigenvalue weighted by Gasteiger charge is -2.14. The lowest BCUT2D eigenvalue weighted by atomic mass is 10.1. The normalized spacial score (nSPS) is 12.7. The minimum atomic E-state index is 0.194. The van der Waals surface area contributed by atoms with E-state index in [2.05, 4.69) is 45.2 Å². The van der Waals surface area contributed by atoms with Crippen molar-refractivity contribution in [2.45, 2.75) is 19.9 Å². The van der Waals surface area contributed by atoms with Gasteiger partial charge in [-0.05, 0) is 43.8 Å². The number of rotatable bonds is 2. The van der Waals surface area contributed by atoms with E-state index < -0.39 is 0 Å². The summed E-state index contributed by atoms with van der Waals surface area (Å²) in [6, 6.07) is 8.43. The first-order valence-electron chi connectivity index (χ1n) is 4.98. The number of nitrogens with zero attached hydrogens (tertiary/aromatic N) is 2. The Morgan fingerprint density at radius 3 is 2.50 bits per heavy atom. The molecule has 1 aromatic heterocycles. The molecule has 0 radical (unpaired) electrons. The molecule has 1 aromatic carbocycles. The Kier molecular flexibility index (Phi) is 3.25. The molecule has 2 aromatic rings. The van der Waals surface area contributed by atoms with Crippen LogP contribution < -0.4 is 0 Å². The number of aromatic nitrogens is 3. The van der Waals surface area contributed by atoms with E-state index in [9.17, 15) is 0 Å². The Bertz CT molecular complexity index is 541. The van der Waals surface area contributed by atoms with Crippen molar-refractivity contribution in [1.29, 1.82) is 0 Å². The number of benzene rings is 1. The highest BCUT2D eigenvalue weighted by atomic mass is 79.9. The summed E-state index contributed by atoms with van der Waals surface area (Å²) in [5.41, 5.74) is 1.21. The SMILES string of the molecule is Cc1n[nH]c(=S)n1C(C)c1ccc(Br)cc1. The van der Waals surface area contributed by atoms with Crippen LogP contribution in [0.15, 0.2) is 28.7 Å². The average molecular weight is 298 g/mol. The van der Waals surface area contributed by atoms with Crippen molar-refractivity contribution in [1.82, 2.24) is 14.8 Å². The topological polar surface area (TPSA) is 33.6 Å². The van der Waals surface area contributed by atoms with Gasteiger partial charge in [-0.1, -0.05) is 28.1 Å². The maximum Gasteiger partial charge on any atom is 0.195 e. The molecule has 2 rings (SSSR count). The quantitative estimate of drug-likeness (QED) is 0.859. The number of hydrogen-bond acceptors (Lipinski definition) is 2.